The number of rotatable bonds is 8. The van der Waals surface area contributed by atoms with Crippen molar-refractivity contribution in [3.8, 4) is 0 Å². The molecule has 0 rings (SSSR count). The molecule has 0 bridgehead atoms. The van der Waals surface area contributed by atoms with Gasteiger partial charge in [0, 0.05) is 3.92 Å². The molecule has 0 aliphatic heterocycles. The summed E-state index contributed by atoms with van der Waals surface area (Å²) in [4.78, 5) is 0. The van der Waals surface area contributed by atoms with E-state index in [1.807, 2.05) is 0 Å². The Bertz CT molecular complexity index is 127. The summed E-state index contributed by atoms with van der Waals surface area (Å²) in [5.41, 5.74) is 0.0748. The van der Waals surface area contributed by atoms with E-state index in [1.165, 1.54) is 25.7 Å². The van der Waals surface area contributed by atoms with E-state index in [0.717, 1.165) is 16.8 Å². The number of hydrogen-bond donors (Lipinski definition) is 0. The van der Waals surface area contributed by atoms with Gasteiger partial charge < -0.3 is 4.43 Å². The van der Waals surface area contributed by atoms with Crippen LogP contribution in [0.1, 0.15) is 59.3 Å². The molecule has 0 aromatic rings. The van der Waals surface area contributed by atoms with Crippen LogP contribution in [0.3, 0.4) is 0 Å². The summed E-state index contributed by atoms with van der Waals surface area (Å²) in [7, 11) is 3.22. The van der Waals surface area contributed by atoms with Gasteiger partial charge in [0.1, 0.15) is 0 Å². The molecule has 0 N–H and O–H groups in total. The van der Waals surface area contributed by atoms with E-state index in [-0.39, 0.29) is 5.60 Å². The van der Waals surface area contributed by atoms with Crippen molar-refractivity contribution in [2.75, 3.05) is 0 Å². The highest BCUT2D eigenvalue weighted by Crippen LogP contribution is 2.26. The Morgan fingerprint density at radius 1 is 1.29 bits per heavy atom. The molecule has 0 saturated carbocycles. The Morgan fingerprint density at radius 3 is 2.21 bits per heavy atom. The second kappa shape index (κ2) is 8.10. The number of unbranched alkanes of at least 4 members (excludes halogenated alkanes) is 1. The molecular weight excluding hydrogens is 303 g/mol. The molecule has 3 radical (unpaired) electrons. The van der Waals surface area contributed by atoms with Gasteiger partial charge in [-0.3, -0.25) is 0 Å². The van der Waals surface area contributed by atoms with Crippen LogP contribution in [0, 0.1) is 0 Å². The minimum absolute atomic E-state index is 0.0748. The largest absolute Gasteiger partial charge is 0.413 e. The van der Waals surface area contributed by atoms with Gasteiger partial charge in [0.05, 0.1) is 5.60 Å². The molecule has 1 atom stereocenters. The summed E-state index contributed by atoms with van der Waals surface area (Å²) in [5, 5.41) is 0. The molecule has 0 aromatic heterocycles. The predicted molar refractivity (Wildman–Crippen MR) is 72.1 cm³/mol. The van der Waals surface area contributed by atoms with Crippen molar-refractivity contribution in [2.45, 2.75) is 68.8 Å². The third-order valence-corrected chi connectivity index (χ3v) is 4.05. The van der Waals surface area contributed by atoms with Crippen LogP contribution in [0.5, 0.6) is 0 Å². The average molecular weight is 325 g/mol. The van der Waals surface area contributed by atoms with Crippen LogP contribution in [0.25, 0.3) is 0 Å². The van der Waals surface area contributed by atoms with Crippen LogP contribution in [-0.4, -0.2) is 20.0 Å². The molecule has 0 saturated heterocycles. The summed E-state index contributed by atoms with van der Waals surface area (Å²) in [6.07, 6.45) is 7.28. The fourth-order valence-corrected chi connectivity index (χ4v) is 2.50. The van der Waals surface area contributed by atoms with Gasteiger partial charge in [0.2, 0.25) is 10.5 Å². The Morgan fingerprint density at radius 2 is 1.86 bits per heavy atom. The third-order valence-electron chi connectivity index (χ3n) is 2.99. The molecule has 1 nitrogen and oxygen atoms in total. The first-order valence-electron chi connectivity index (χ1n) is 5.59. The van der Waals surface area contributed by atoms with Crippen LogP contribution in [-0.2, 0) is 4.43 Å². The van der Waals surface area contributed by atoms with Crippen molar-refractivity contribution in [2.24, 2.45) is 0 Å². The lowest BCUT2D eigenvalue weighted by atomic mass is 9.91. The van der Waals surface area contributed by atoms with E-state index in [9.17, 15) is 0 Å². The summed E-state index contributed by atoms with van der Waals surface area (Å²) in [6, 6.07) is 0. The minimum atomic E-state index is 0.0748. The number of alkyl halides is 1. The lowest BCUT2D eigenvalue weighted by molar-refractivity contribution is 0.0584. The highest BCUT2D eigenvalue weighted by atomic mass is 127. The third kappa shape index (κ3) is 5.71. The van der Waals surface area contributed by atoms with Crippen molar-refractivity contribution in [3.63, 3.8) is 0 Å². The van der Waals surface area contributed by atoms with E-state index in [0.29, 0.717) is 0 Å². The van der Waals surface area contributed by atoms with E-state index in [1.54, 1.807) is 0 Å². The van der Waals surface area contributed by atoms with Crippen molar-refractivity contribution in [3.05, 3.63) is 0 Å². The summed E-state index contributed by atoms with van der Waals surface area (Å²) >= 11 is 2.49. The second-order valence-corrected chi connectivity index (χ2v) is 6.35. The molecule has 0 spiro atoms. The topological polar surface area (TPSA) is 9.23 Å². The fourth-order valence-electron chi connectivity index (χ4n) is 1.67. The molecule has 0 heterocycles. The van der Waals surface area contributed by atoms with Crippen molar-refractivity contribution < 1.29 is 4.43 Å². The quantitative estimate of drug-likeness (QED) is 0.283. The van der Waals surface area contributed by atoms with Gasteiger partial charge in [0.15, 0.2) is 0 Å². The van der Waals surface area contributed by atoms with Gasteiger partial charge in [-0.2, -0.15) is 0 Å². The Hall–Kier alpha value is 0.907. The van der Waals surface area contributed by atoms with E-state index >= 15 is 0 Å². The highest BCUT2D eigenvalue weighted by molar-refractivity contribution is 14.1. The number of halogens is 1. The van der Waals surface area contributed by atoms with Crippen LogP contribution in [0.4, 0.5) is 0 Å². The highest BCUT2D eigenvalue weighted by Gasteiger charge is 2.23. The van der Waals surface area contributed by atoms with Crippen LogP contribution in [0.2, 0.25) is 0 Å². The van der Waals surface area contributed by atoms with Crippen LogP contribution in [0.15, 0.2) is 0 Å². The molecule has 0 aromatic carbocycles. The zero-order valence-corrected chi connectivity index (χ0v) is 12.8. The molecule has 0 aliphatic rings. The Balaban J connectivity index is 3.71. The smallest absolute Gasteiger partial charge is 0.247 e. The molecular formula is C11H22IOSi. The zero-order chi connectivity index (χ0) is 11.0. The average Bonchev–Trinajstić information content (AvgIpc) is 2.19. The van der Waals surface area contributed by atoms with Gasteiger partial charge in [-0.15, -0.1) is 0 Å². The standard InChI is InChI=1S/C11H22IOSi/c1-4-11(5-2,13-14)9-7-6-8-10(3)12/h10H,4-9H2,1-3H3. The maximum atomic E-state index is 5.45. The molecule has 14 heavy (non-hydrogen) atoms. The van der Waals surface area contributed by atoms with E-state index < -0.39 is 0 Å². The lowest BCUT2D eigenvalue weighted by Gasteiger charge is -2.30. The normalized spacial score (nSPS) is 14.4. The first kappa shape index (κ1) is 14.9. The molecule has 3 heteroatoms. The van der Waals surface area contributed by atoms with Crippen molar-refractivity contribution in [1.82, 2.24) is 0 Å². The predicted octanol–water partition coefficient (Wildman–Crippen LogP) is 4.03. The Kier molecular flexibility index (Phi) is 8.63. The summed E-state index contributed by atoms with van der Waals surface area (Å²) < 4.78 is 6.25. The van der Waals surface area contributed by atoms with E-state index in [4.69, 9.17) is 4.43 Å². The molecule has 0 aliphatic carbocycles. The van der Waals surface area contributed by atoms with Crippen LogP contribution < -0.4 is 0 Å². The SMILES string of the molecule is CCC(CC)(CCCCC(C)I)O[Si]. The van der Waals surface area contributed by atoms with Gasteiger partial charge in [-0.05, 0) is 25.7 Å². The van der Waals surface area contributed by atoms with Gasteiger partial charge in [0.25, 0.3) is 0 Å². The lowest BCUT2D eigenvalue weighted by Crippen LogP contribution is -2.30. The zero-order valence-electron chi connectivity index (χ0n) is 9.61. The van der Waals surface area contributed by atoms with Gasteiger partial charge >= 0.3 is 0 Å². The molecule has 0 amide bonds. The maximum absolute atomic E-state index is 5.45. The van der Waals surface area contributed by atoms with Gasteiger partial charge in [-0.25, -0.2) is 0 Å². The van der Waals surface area contributed by atoms with Crippen molar-refractivity contribution in [1.29, 1.82) is 0 Å². The minimum Gasteiger partial charge on any atom is -0.413 e. The molecule has 0 fully saturated rings. The molecule has 1 unspecified atom stereocenters. The molecule has 83 valence electrons. The summed E-state index contributed by atoms with van der Waals surface area (Å²) in [5.74, 6) is 0. The summed E-state index contributed by atoms with van der Waals surface area (Å²) in [6.45, 7) is 6.67. The van der Waals surface area contributed by atoms with E-state index in [2.05, 4.69) is 53.8 Å². The maximum Gasteiger partial charge on any atom is 0.247 e. The van der Waals surface area contributed by atoms with Crippen molar-refractivity contribution >= 4 is 33.1 Å². The Labute approximate surface area is 106 Å². The second-order valence-electron chi connectivity index (χ2n) is 4.02. The van der Waals surface area contributed by atoms with Crippen LogP contribution >= 0.6 is 22.6 Å². The first-order chi connectivity index (χ1) is 6.60. The fraction of sp³-hybridized carbons (Fsp3) is 1.00. The first-order valence-corrected chi connectivity index (χ1v) is 7.24. The van der Waals surface area contributed by atoms with Gasteiger partial charge in [-0.1, -0.05) is 56.2 Å². The monoisotopic (exact) mass is 325 g/mol. The number of hydrogen-bond acceptors (Lipinski definition) is 1.